The Kier molecular flexibility index (Phi) is 4.24. The van der Waals surface area contributed by atoms with Crippen molar-refractivity contribution in [1.29, 1.82) is 0 Å². The van der Waals surface area contributed by atoms with E-state index in [0.29, 0.717) is 37.6 Å². The summed E-state index contributed by atoms with van der Waals surface area (Å²) in [6.07, 6.45) is 4.23. The minimum atomic E-state index is -0.165. The van der Waals surface area contributed by atoms with E-state index in [9.17, 15) is 9.59 Å². The molecule has 1 amide bonds. The van der Waals surface area contributed by atoms with E-state index in [2.05, 4.69) is 18.7 Å². The van der Waals surface area contributed by atoms with Crippen LogP contribution in [0.2, 0.25) is 0 Å². The molecular formula is C19H23NO3. The Labute approximate surface area is 137 Å². The van der Waals surface area contributed by atoms with Gasteiger partial charge in [-0.3, -0.25) is 9.59 Å². The van der Waals surface area contributed by atoms with Crippen LogP contribution in [0.5, 0.6) is 5.75 Å². The van der Waals surface area contributed by atoms with E-state index in [1.54, 1.807) is 7.11 Å². The zero-order valence-electron chi connectivity index (χ0n) is 13.6. The Morgan fingerprint density at radius 1 is 1.48 bits per heavy atom. The largest absolute Gasteiger partial charge is 0.497 e. The molecule has 0 N–H and O–H groups in total. The third kappa shape index (κ3) is 2.78. The number of fused-ring (bicyclic) bond motifs is 1. The van der Waals surface area contributed by atoms with Gasteiger partial charge in [-0.25, -0.2) is 0 Å². The molecule has 1 aliphatic carbocycles. The standard InChI is InChI=1S/C19H23NO3/c1-3-18(22)20-10-9-19(12-16(21)8-7-15(19)13-20)14-5-4-6-17(11-14)23-2/h3-6,11,15H,1,7-10,12-13H2,2H3. The fourth-order valence-corrected chi connectivity index (χ4v) is 4.19. The van der Waals surface area contributed by atoms with Crippen LogP contribution < -0.4 is 4.74 Å². The number of methoxy groups -OCH3 is 1. The highest BCUT2D eigenvalue weighted by molar-refractivity contribution is 5.87. The first-order valence-electron chi connectivity index (χ1n) is 8.16. The molecule has 0 bridgehead atoms. The lowest BCUT2D eigenvalue weighted by molar-refractivity contribution is -0.132. The molecule has 0 radical (unpaired) electrons. The summed E-state index contributed by atoms with van der Waals surface area (Å²) in [6.45, 7) is 4.96. The molecule has 2 fully saturated rings. The maximum Gasteiger partial charge on any atom is 0.245 e. The summed E-state index contributed by atoms with van der Waals surface area (Å²) in [5.74, 6) is 1.44. The maximum atomic E-state index is 12.2. The van der Waals surface area contributed by atoms with Gasteiger partial charge in [0.2, 0.25) is 5.91 Å². The number of hydrogen-bond donors (Lipinski definition) is 0. The molecular weight excluding hydrogens is 290 g/mol. The summed E-state index contributed by atoms with van der Waals surface area (Å²) in [5.41, 5.74) is 1.00. The van der Waals surface area contributed by atoms with Gasteiger partial charge in [0.1, 0.15) is 11.5 Å². The number of likely N-dealkylation sites (tertiary alicyclic amines) is 1. The van der Waals surface area contributed by atoms with Crippen molar-refractivity contribution < 1.29 is 14.3 Å². The third-order valence-electron chi connectivity index (χ3n) is 5.47. The lowest BCUT2D eigenvalue weighted by Crippen LogP contribution is -2.54. The molecule has 2 unspecified atom stereocenters. The van der Waals surface area contributed by atoms with Crippen molar-refractivity contribution in [2.75, 3.05) is 20.2 Å². The smallest absolute Gasteiger partial charge is 0.245 e. The van der Waals surface area contributed by atoms with E-state index in [0.717, 1.165) is 18.6 Å². The van der Waals surface area contributed by atoms with Crippen LogP contribution in [0, 0.1) is 5.92 Å². The summed E-state index contributed by atoms with van der Waals surface area (Å²) in [6, 6.07) is 8.06. The Balaban J connectivity index is 1.96. The number of carbonyl (C=O) groups is 2. The van der Waals surface area contributed by atoms with Crippen molar-refractivity contribution >= 4 is 11.7 Å². The van der Waals surface area contributed by atoms with Gasteiger partial charge in [0.15, 0.2) is 0 Å². The van der Waals surface area contributed by atoms with Gasteiger partial charge in [0.25, 0.3) is 0 Å². The molecule has 1 aliphatic heterocycles. The Hall–Kier alpha value is -2.10. The van der Waals surface area contributed by atoms with Crippen molar-refractivity contribution in [1.82, 2.24) is 4.90 Å². The predicted molar refractivity (Wildman–Crippen MR) is 88.4 cm³/mol. The van der Waals surface area contributed by atoms with E-state index in [-0.39, 0.29) is 11.3 Å². The molecule has 3 rings (SSSR count). The van der Waals surface area contributed by atoms with Crippen LogP contribution in [0.3, 0.4) is 0 Å². The zero-order valence-corrected chi connectivity index (χ0v) is 13.6. The van der Waals surface area contributed by atoms with Gasteiger partial charge >= 0.3 is 0 Å². The molecule has 2 aliphatic rings. The van der Waals surface area contributed by atoms with Gasteiger partial charge < -0.3 is 9.64 Å². The Morgan fingerprint density at radius 3 is 3.04 bits per heavy atom. The van der Waals surface area contributed by atoms with Crippen LogP contribution >= 0.6 is 0 Å². The van der Waals surface area contributed by atoms with Crippen molar-refractivity contribution in [3.63, 3.8) is 0 Å². The fraction of sp³-hybridized carbons (Fsp3) is 0.474. The molecule has 1 aromatic rings. The van der Waals surface area contributed by atoms with E-state index in [4.69, 9.17) is 4.74 Å². The quantitative estimate of drug-likeness (QED) is 0.806. The SMILES string of the molecule is C=CC(=O)N1CCC2(c3cccc(OC)c3)CC(=O)CCC2C1. The molecule has 2 atom stereocenters. The third-order valence-corrected chi connectivity index (χ3v) is 5.47. The van der Waals surface area contributed by atoms with Crippen LogP contribution in [-0.4, -0.2) is 36.8 Å². The van der Waals surface area contributed by atoms with Gasteiger partial charge in [0.05, 0.1) is 7.11 Å². The van der Waals surface area contributed by atoms with Gasteiger partial charge in [0, 0.05) is 31.3 Å². The van der Waals surface area contributed by atoms with E-state index >= 15 is 0 Å². The molecule has 1 aromatic carbocycles. The number of ketones is 1. The first-order chi connectivity index (χ1) is 11.1. The molecule has 23 heavy (non-hydrogen) atoms. The Bertz CT molecular complexity index is 639. The number of hydrogen-bond acceptors (Lipinski definition) is 3. The van der Waals surface area contributed by atoms with Crippen molar-refractivity contribution in [3.05, 3.63) is 42.5 Å². The van der Waals surface area contributed by atoms with Gasteiger partial charge in [-0.2, -0.15) is 0 Å². The van der Waals surface area contributed by atoms with Crippen LogP contribution in [0.4, 0.5) is 0 Å². The number of rotatable bonds is 3. The topological polar surface area (TPSA) is 46.6 Å². The number of carbonyl (C=O) groups excluding carboxylic acids is 2. The highest BCUT2D eigenvalue weighted by atomic mass is 16.5. The van der Waals surface area contributed by atoms with Gasteiger partial charge in [-0.1, -0.05) is 18.7 Å². The highest BCUT2D eigenvalue weighted by Gasteiger charge is 2.48. The van der Waals surface area contributed by atoms with Crippen molar-refractivity contribution in [2.45, 2.75) is 31.1 Å². The van der Waals surface area contributed by atoms with Crippen LogP contribution in [-0.2, 0) is 15.0 Å². The Morgan fingerprint density at radius 2 is 2.30 bits per heavy atom. The lowest BCUT2D eigenvalue weighted by Gasteiger charge is -2.50. The highest BCUT2D eigenvalue weighted by Crippen LogP contribution is 2.48. The number of benzene rings is 1. The molecule has 0 spiro atoms. The minimum absolute atomic E-state index is 0.0128. The number of Topliss-reactive ketones (excluding diaryl/α,β-unsaturated/α-hetero) is 1. The monoisotopic (exact) mass is 313 g/mol. The minimum Gasteiger partial charge on any atom is -0.497 e. The molecule has 0 aromatic heterocycles. The van der Waals surface area contributed by atoms with Crippen molar-refractivity contribution in [3.8, 4) is 5.75 Å². The second kappa shape index (κ2) is 6.19. The fourth-order valence-electron chi connectivity index (χ4n) is 4.19. The van der Waals surface area contributed by atoms with Crippen LogP contribution in [0.25, 0.3) is 0 Å². The second-order valence-electron chi connectivity index (χ2n) is 6.58. The summed E-state index contributed by atoms with van der Waals surface area (Å²) >= 11 is 0. The maximum absolute atomic E-state index is 12.2. The average Bonchev–Trinajstić information content (AvgIpc) is 2.60. The normalized spacial score (nSPS) is 27.3. The summed E-state index contributed by atoms with van der Waals surface area (Å²) in [7, 11) is 1.66. The van der Waals surface area contributed by atoms with Crippen molar-refractivity contribution in [2.24, 2.45) is 5.92 Å². The first-order valence-corrected chi connectivity index (χ1v) is 8.16. The summed E-state index contributed by atoms with van der Waals surface area (Å²) in [4.78, 5) is 26.0. The molecule has 1 saturated carbocycles. The molecule has 1 heterocycles. The molecule has 4 heteroatoms. The molecule has 122 valence electrons. The van der Waals surface area contributed by atoms with E-state index in [1.807, 2.05) is 17.0 Å². The first kappa shape index (κ1) is 15.8. The molecule has 1 saturated heterocycles. The predicted octanol–water partition coefficient (Wildman–Crippen LogP) is 2.72. The van der Waals surface area contributed by atoms with Crippen LogP contribution in [0.15, 0.2) is 36.9 Å². The van der Waals surface area contributed by atoms with Gasteiger partial charge in [-0.15, -0.1) is 0 Å². The van der Waals surface area contributed by atoms with Gasteiger partial charge in [-0.05, 0) is 42.5 Å². The second-order valence-corrected chi connectivity index (χ2v) is 6.58. The number of ether oxygens (including phenoxy) is 1. The number of amides is 1. The van der Waals surface area contributed by atoms with Crippen LogP contribution in [0.1, 0.15) is 31.2 Å². The van der Waals surface area contributed by atoms with E-state index < -0.39 is 0 Å². The summed E-state index contributed by atoms with van der Waals surface area (Å²) < 4.78 is 5.36. The number of piperidine rings is 1. The lowest BCUT2D eigenvalue weighted by atomic mass is 9.59. The summed E-state index contributed by atoms with van der Waals surface area (Å²) in [5, 5.41) is 0. The van der Waals surface area contributed by atoms with E-state index in [1.165, 1.54) is 11.6 Å². The number of nitrogens with zero attached hydrogens (tertiary/aromatic N) is 1. The zero-order chi connectivity index (χ0) is 16.4. The average molecular weight is 313 g/mol. The molecule has 4 nitrogen and oxygen atoms in total.